The second-order valence-corrected chi connectivity index (χ2v) is 6.84. The van der Waals surface area contributed by atoms with E-state index in [1.807, 2.05) is 0 Å². The summed E-state index contributed by atoms with van der Waals surface area (Å²) in [5, 5.41) is 1.30. The predicted octanol–water partition coefficient (Wildman–Crippen LogP) is 4.37. The van der Waals surface area contributed by atoms with Crippen LogP contribution >= 0.6 is 0 Å². The van der Waals surface area contributed by atoms with Gasteiger partial charge in [-0.05, 0) is 48.3 Å². The molecule has 0 amide bonds. The summed E-state index contributed by atoms with van der Waals surface area (Å²) in [6.45, 7) is 9.42. The van der Waals surface area contributed by atoms with Gasteiger partial charge in [0.05, 0.1) is 6.54 Å². The van der Waals surface area contributed by atoms with Gasteiger partial charge in [0, 0.05) is 10.9 Å². The summed E-state index contributed by atoms with van der Waals surface area (Å²) in [6.07, 6.45) is 2.56. The van der Waals surface area contributed by atoms with Crippen LogP contribution in [0.2, 0.25) is 0 Å². The number of furan rings is 1. The molecule has 1 saturated carbocycles. The summed E-state index contributed by atoms with van der Waals surface area (Å²) in [7, 11) is 0. The van der Waals surface area contributed by atoms with Crippen LogP contribution in [0, 0.1) is 6.92 Å². The average molecular weight is 257 g/mol. The van der Waals surface area contributed by atoms with Crippen LogP contribution < -0.4 is 5.73 Å². The van der Waals surface area contributed by atoms with E-state index in [9.17, 15) is 0 Å². The maximum Gasteiger partial charge on any atom is 0.137 e. The van der Waals surface area contributed by atoms with Crippen LogP contribution in [-0.4, -0.2) is 0 Å². The van der Waals surface area contributed by atoms with E-state index < -0.39 is 0 Å². The third-order valence-electron chi connectivity index (χ3n) is 4.13. The molecule has 2 heteroatoms. The van der Waals surface area contributed by atoms with Crippen molar-refractivity contribution >= 4 is 11.0 Å². The molecule has 0 bridgehead atoms. The van der Waals surface area contributed by atoms with E-state index >= 15 is 0 Å². The van der Waals surface area contributed by atoms with Gasteiger partial charge < -0.3 is 10.2 Å². The first-order chi connectivity index (χ1) is 8.91. The highest BCUT2D eigenvalue weighted by atomic mass is 16.3. The molecule has 19 heavy (non-hydrogen) atoms. The van der Waals surface area contributed by atoms with Crippen molar-refractivity contribution in [2.24, 2.45) is 5.73 Å². The van der Waals surface area contributed by atoms with Gasteiger partial charge in [0.15, 0.2) is 0 Å². The molecule has 1 heterocycles. The van der Waals surface area contributed by atoms with Crippen molar-refractivity contribution in [1.82, 2.24) is 0 Å². The van der Waals surface area contributed by atoms with Gasteiger partial charge in [-0.1, -0.05) is 26.8 Å². The maximum absolute atomic E-state index is 6.02. The third kappa shape index (κ3) is 2.08. The Bertz CT molecular complexity index is 627. The topological polar surface area (TPSA) is 39.2 Å². The normalized spacial score (nSPS) is 16.3. The van der Waals surface area contributed by atoms with Gasteiger partial charge in [-0.3, -0.25) is 0 Å². The lowest BCUT2D eigenvalue weighted by Crippen LogP contribution is -2.11. The minimum Gasteiger partial charge on any atom is -0.459 e. The first kappa shape index (κ1) is 12.7. The van der Waals surface area contributed by atoms with Crippen LogP contribution in [0.5, 0.6) is 0 Å². The Kier molecular flexibility index (Phi) is 2.75. The molecule has 0 radical (unpaired) electrons. The lowest BCUT2D eigenvalue weighted by atomic mass is 9.85. The molecule has 3 rings (SSSR count). The molecule has 2 N–H and O–H groups in total. The van der Waals surface area contributed by atoms with Crippen molar-refractivity contribution in [3.63, 3.8) is 0 Å². The summed E-state index contributed by atoms with van der Waals surface area (Å²) in [5.41, 5.74) is 11.0. The van der Waals surface area contributed by atoms with E-state index in [-0.39, 0.29) is 5.41 Å². The molecule has 1 aliphatic carbocycles. The number of nitrogens with two attached hydrogens (primary N) is 1. The number of fused-ring (bicyclic) bond motifs is 1. The van der Waals surface area contributed by atoms with E-state index in [2.05, 4.69) is 39.8 Å². The fourth-order valence-corrected chi connectivity index (χ4v) is 2.84. The number of benzene rings is 1. The summed E-state index contributed by atoms with van der Waals surface area (Å²) in [6, 6.07) is 4.57. The molecule has 0 saturated heterocycles. The van der Waals surface area contributed by atoms with Crippen LogP contribution in [0.4, 0.5) is 0 Å². The molecular weight excluding hydrogens is 234 g/mol. The lowest BCUT2D eigenvalue weighted by Gasteiger charge is -2.19. The molecule has 2 nitrogen and oxygen atoms in total. The molecule has 1 aromatic heterocycles. The van der Waals surface area contributed by atoms with Crippen LogP contribution in [0.3, 0.4) is 0 Å². The zero-order valence-electron chi connectivity index (χ0n) is 12.3. The Morgan fingerprint density at radius 1 is 1.26 bits per heavy atom. The summed E-state index contributed by atoms with van der Waals surface area (Å²) >= 11 is 0. The van der Waals surface area contributed by atoms with E-state index in [1.165, 1.54) is 34.9 Å². The summed E-state index contributed by atoms with van der Waals surface area (Å²) in [5.74, 6) is 1.67. The molecule has 1 aromatic carbocycles. The number of hydrogen-bond acceptors (Lipinski definition) is 2. The highest BCUT2D eigenvalue weighted by molar-refractivity contribution is 5.87. The number of hydrogen-bond donors (Lipinski definition) is 1. The fourth-order valence-electron chi connectivity index (χ4n) is 2.84. The fraction of sp³-hybridized carbons (Fsp3) is 0.529. The highest BCUT2D eigenvalue weighted by Gasteiger charge is 2.31. The van der Waals surface area contributed by atoms with Gasteiger partial charge in [0.25, 0.3) is 0 Å². The number of rotatable bonds is 2. The Labute approximate surface area is 115 Å². The van der Waals surface area contributed by atoms with Crippen molar-refractivity contribution in [3.8, 4) is 0 Å². The van der Waals surface area contributed by atoms with Gasteiger partial charge in [0.1, 0.15) is 11.3 Å². The predicted molar refractivity (Wildman–Crippen MR) is 79.5 cm³/mol. The van der Waals surface area contributed by atoms with Gasteiger partial charge >= 0.3 is 0 Å². The van der Waals surface area contributed by atoms with E-state index in [0.717, 1.165) is 11.3 Å². The van der Waals surface area contributed by atoms with Crippen molar-refractivity contribution in [2.75, 3.05) is 0 Å². The smallest absolute Gasteiger partial charge is 0.137 e. The minimum absolute atomic E-state index is 0.167. The van der Waals surface area contributed by atoms with Crippen LogP contribution in [0.1, 0.15) is 62.0 Å². The SMILES string of the molecule is Cc1cc(C(C)(C)C)cc2c(C3CC3)c(CN)oc12. The highest BCUT2D eigenvalue weighted by Crippen LogP contribution is 2.47. The van der Waals surface area contributed by atoms with Crippen LogP contribution in [0.15, 0.2) is 16.5 Å². The van der Waals surface area contributed by atoms with Crippen molar-refractivity contribution in [2.45, 2.75) is 58.4 Å². The molecule has 0 aliphatic heterocycles. The van der Waals surface area contributed by atoms with Crippen LogP contribution in [-0.2, 0) is 12.0 Å². The Balaban J connectivity index is 2.29. The minimum atomic E-state index is 0.167. The van der Waals surface area contributed by atoms with Crippen molar-refractivity contribution in [1.29, 1.82) is 0 Å². The standard InChI is InChI=1S/C17H23NO/c1-10-7-12(17(2,3)4)8-13-15(11-5-6-11)14(9-18)19-16(10)13/h7-8,11H,5-6,9,18H2,1-4H3. The molecule has 1 aliphatic rings. The Hall–Kier alpha value is -1.28. The second-order valence-electron chi connectivity index (χ2n) is 6.84. The Morgan fingerprint density at radius 3 is 2.47 bits per heavy atom. The van der Waals surface area contributed by atoms with Crippen LogP contribution in [0.25, 0.3) is 11.0 Å². The van der Waals surface area contributed by atoms with E-state index in [4.69, 9.17) is 10.2 Å². The average Bonchev–Trinajstić information content (AvgIpc) is 3.08. The second kappa shape index (κ2) is 4.11. The van der Waals surface area contributed by atoms with Gasteiger partial charge in [0.2, 0.25) is 0 Å². The molecule has 102 valence electrons. The zero-order valence-corrected chi connectivity index (χ0v) is 12.3. The molecule has 0 atom stereocenters. The quantitative estimate of drug-likeness (QED) is 0.867. The summed E-state index contributed by atoms with van der Waals surface area (Å²) < 4.78 is 6.02. The van der Waals surface area contributed by atoms with Gasteiger partial charge in [-0.15, -0.1) is 0 Å². The van der Waals surface area contributed by atoms with Gasteiger partial charge in [-0.25, -0.2) is 0 Å². The monoisotopic (exact) mass is 257 g/mol. The first-order valence-electron chi connectivity index (χ1n) is 7.18. The lowest BCUT2D eigenvalue weighted by molar-refractivity contribution is 0.543. The molecule has 0 spiro atoms. The molecule has 2 aromatic rings. The number of aryl methyl sites for hydroxylation is 1. The van der Waals surface area contributed by atoms with E-state index in [1.54, 1.807) is 0 Å². The van der Waals surface area contributed by atoms with Crippen molar-refractivity contribution < 1.29 is 4.42 Å². The maximum atomic E-state index is 6.02. The van der Waals surface area contributed by atoms with E-state index in [0.29, 0.717) is 12.5 Å². The molecule has 0 unspecified atom stereocenters. The largest absolute Gasteiger partial charge is 0.459 e. The summed E-state index contributed by atoms with van der Waals surface area (Å²) in [4.78, 5) is 0. The zero-order chi connectivity index (χ0) is 13.8. The van der Waals surface area contributed by atoms with Gasteiger partial charge in [-0.2, -0.15) is 0 Å². The molecule has 1 fully saturated rings. The third-order valence-corrected chi connectivity index (χ3v) is 4.13. The Morgan fingerprint density at radius 2 is 1.95 bits per heavy atom. The molecular formula is C17H23NO. The van der Waals surface area contributed by atoms with Crippen molar-refractivity contribution in [3.05, 3.63) is 34.6 Å². The first-order valence-corrected chi connectivity index (χ1v) is 7.18.